The summed E-state index contributed by atoms with van der Waals surface area (Å²) in [6, 6.07) is 6.07. The van der Waals surface area contributed by atoms with Gasteiger partial charge in [0.1, 0.15) is 0 Å². The van der Waals surface area contributed by atoms with Gasteiger partial charge in [-0.2, -0.15) is 0 Å². The average molecular weight is 451 g/mol. The number of hydrogen-bond acceptors (Lipinski definition) is 2. The maximum absolute atomic E-state index is 11.9. The van der Waals surface area contributed by atoms with Gasteiger partial charge in [0.25, 0.3) is 0 Å². The SMILES string of the molecule is CN=C(NCCC(=O)Nc1ccc(C)cc1Cl)NC1CC1C.I. The van der Waals surface area contributed by atoms with Crippen LogP contribution in [0.3, 0.4) is 0 Å². The van der Waals surface area contributed by atoms with Crippen LogP contribution in [0, 0.1) is 12.8 Å². The summed E-state index contributed by atoms with van der Waals surface area (Å²) in [4.78, 5) is 16.1. The number of nitrogens with one attached hydrogen (secondary N) is 3. The molecule has 1 saturated carbocycles. The molecule has 0 heterocycles. The zero-order valence-corrected chi connectivity index (χ0v) is 16.7. The van der Waals surface area contributed by atoms with Crippen molar-refractivity contribution in [2.24, 2.45) is 10.9 Å². The first kappa shape index (κ1) is 20.0. The van der Waals surface area contributed by atoms with Crippen LogP contribution in [0.1, 0.15) is 25.3 Å². The smallest absolute Gasteiger partial charge is 0.226 e. The molecule has 0 radical (unpaired) electrons. The summed E-state index contributed by atoms with van der Waals surface area (Å²) in [5.41, 5.74) is 1.71. The van der Waals surface area contributed by atoms with Crippen LogP contribution in [0.2, 0.25) is 5.02 Å². The molecule has 1 aromatic carbocycles. The second kappa shape index (κ2) is 9.32. The van der Waals surface area contributed by atoms with E-state index in [2.05, 4.69) is 27.9 Å². The van der Waals surface area contributed by atoms with Crippen LogP contribution in [-0.2, 0) is 4.79 Å². The van der Waals surface area contributed by atoms with Crippen LogP contribution in [0.5, 0.6) is 0 Å². The van der Waals surface area contributed by atoms with Crippen molar-refractivity contribution in [3.8, 4) is 0 Å². The van der Waals surface area contributed by atoms with Crippen LogP contribution >= 0.6 is 35.6 Å². The van der Waals surface area contributed by atoms with E-state index in [0.717, 1.165) is 11.5 Å². The van der Waals surface area contributed by atoms with Crippen molar-refractivity contribution >= 4 is 53.1 Å². The molecule has 5 nitrogen and oxygen atoms in total. The number of carbonyl (C=O) groups is 1. The number of carbonyl (C=O) groups excluding carboxylic acids is 1. The molecule has 2 atom stereocenters. The molecule has 2 unspecified atom stereocenters. The summed E-state index contributed by atoms with van der Waals surface area (Å²) in [5.74, 6) is 1.37. The standard InChI is InChI=1S/C16H23ClN4O.HI/c1-10-4-5-13(12(17)8-10)20-15(22)6-7-19-16(18-3)21-14-9-11(14)2;/h4-5,8,11,14H,6-7,9H2,1-3H3,(H,20,22)(H2,18,19,21);1H. The van der Waals surface area contributed by atoms with E-state index in [1.54, 1.807) is 7.05 Å². The van der Waals surface area contributed by atoms with Gasteiger partial charge in [-0.25, -0.2) is 0 Å². The number of hydrogen-bond donors (Lipinski definition) is 3. The van der Waals surface area contributed by atoms with Crippen molar-refractivity contribution in [1.29, 1.82) is 0 Å². The van der Waals surface area contributed by atoms with E-state index >= 15 is 0 Å². The Morgan fingerprint density at radius 3 is 2.70 bits per heavy atom. The number of guanidine groups is 1. The minimum absolute atomic E-state index is 0. The fraction of sp³-hybridized carbons (Fsp3) is 0.500. The Morgan fingerprint density at radius 2 is 2.13 bits per heavy atom. The highest BCUT2D eigenvalue weighted by molar-refractivity contribution is 14.0. The number of amides is 1. The maximum atomic E-state index is 11.9. The minimum Gasteiger partial charge on any atom is -0.356 e. The Hall–Kier alpha value is -1.02. The molecule has 1 amide bonds. The third-order valence-corrected chi connectivity index (χ3v) is 4.01. The maximum Gasteiger partial charge on any atom is 0.226 e. The van der Waals surface area contributed by atoms with Crippen LogP contribution in [0.15, 0.2) is 23.2 Å². The number of aliphatic imine (C=N–C) groups is 1. The summed E-state index contributed by atoms with van der Waals surface area (Å²) in [6.45, 7) is 4.68. The van der Waals surface area contributed by atoms with E-state index in [-0.39, 0.29) is 29.9 Å². The molecule has 1 aliphatic rings. The molecular formula is C16H24ClIN4O. The van der Waals surface area contributed by atoms with E-state index in [1.807, 2.05) is 25.1 Å². The van der Waals surface area contributed by atoms with Gasteiger partial charge in [-0.3, -0.25) is 9.79 Å². The zero-order chi connectivity index (χ0) is 16.1. The van der Waals surface area contributed by atoms with Crippen LogP contribution in [0.25, 0.3) is 0 Å². The Morgan fingerprint density at radius 1 is 1.43 bits per heavy atom. The van der Waals surface area contributed by atoms with Gasteiger partial charge in [-0.05, 0) is 37.0 Å². The third-order valence-electron chi connectivity index (χ3n) is 3.70. The first-order valence-electron chi connectivity index (χ1n) is 7.52. The molecule has 0 aromatic heterocycles. The monoisotopic (exact) mass is 450 g/mol. The van der Waals surface area contributed by atoms with Crippen molar-refractivity contribution in [3.63, 3.8) is 0 Å². The quantitative estimate of drug-likeness (QED) is 0.367. The van der Waals surface area contributed by atoms with Gasteiger partial charge in [0.2, 0.25) is 5.91 Å². The molecule has 1 aromatic rings. The summed E-state index contributed by atoms with van der Waals surface area (Å²) in [7, 11) is 1.73. The van der Waals surface area contributed by atoms with Crippen molar-refractivity contribution in [1.82, 2.24) is 10.6 Å². The second-order valence-electron chi connectivity index (χ2n) is 5.74. The summed E-state index contributed by atoms with van der Waals surface area (Å²) in [5, 5.41) is 9.84. The highest BCUT2D eigenvalue weighted by Gasteiger charge is 2.33. The molecule has 128 valence electrons. The molecule has 1 aliphatic carbocycles. The molecule has 0 spiro atoms. The van der Waals surface area contributed by atoms with Gasteiger partial charge in [0.15, 0.2) is 5.96 Å². The zero-order valence-electron chi connectivity index (χ0n) is 13.6. The lowest BCUT2D eigenvalue weighted by atomic mass is 10.2. The molecule has 0 saturated heterocycles. The van der Waals surface area contributed by atoms with Gasteiger partial charge in [0.05, 0.1) is 10.7 Å². The van der Waals surface area contributed by atoms with Gasteiger partial charge in [-0.1, -0.05) is 24.6 Å². The van der Waals surface area contributed by atoms with E-state index < -0.39 is 0 Å². The van der Waals surface area contributed by atoms with E-state index in [9.17, 15) is 4.79 Å². The first-order chi connectivity index (χ1) is 10.5. The van der Waals surface area contributed by atoms with Crippen molar-refractivity contribution in [3.05, 3.63) is 28.8 Å². The van der Waals surface area contributed by atoms with E-state index in [1.165, 1.54) is 6.42 Å². The molecule has 23 heavy (non-hydrogen) atoms. The van der Waals surface area contributed by atoms with Gasteiger partial charge < -0.3 is 16.0 Å². The van der Waals surface area contributed by atoms with Gasteiger partial charge >= 0.3 is 0 Å². The van der Waals surface area contributed by atoms with E-state index in [0.29, 0.717) is 35.6 Å². The van der Waals surface area contributed by atoms with Crippen molar-refractivity contribution < 1.29 is 4.79 Å². The Kier molecular flexibility index (Phi) is 8.11. The van der Waals surface area contributed by atoms with Crippen molar-refractivity contribution in [2.75, 3.05) is 18.9 Å². The lowest BCUT2D eigenvalue weighted by Crippen LogP contribution is -2.40. The van der Waals surface area contributed by atoms with E-state index in [4.69, 9.17) is 11.6 Å². The average Bonchev–Trinajstić information content (AvgIpc) is 3.16. The molecule has 0 bridgehead atoms. The van der Waals surface area contributed by atoms with Crippen LogP contribution < -0.4 is 16.0 Å². The minimum atomic E-state index is -0.0755. The van der Waals surface area contributed by atoms with Crippen molar-refractivity contribution in [2.45, 2.75) is 32.7 Å². The normalized spacial score (nSPS) is 19.6. The number of nitrogens with zero attached hydrogens (tertiary/aromatic N) is 1. The van der Waals surface area contributed by atoms with Crippen LogP contribution in [0.4, 0.5) is 5.69 Å². The number of aryl methyl sites for hydroxylation is 1. The number of rotatable bonds is 5. The molecule has 0 aliphatic heterocycles. The van der Waals surface area contributed by atoms with Gasteiger partial charge in [0, 0.05) is 26.1 Å². The third kappa shape index (κ3) is 6.55. The summed E-state index contributed by atoms with van der Waals surface area (Å²) in [6.07, 6.45) is 1.53. The molecule has 2 rings (SSSR count). The number of benzene rings is 1. The number of anilines is 1. The molecular weight excluding hydrogens is 427 g/mol. The Bertz CT molecular complexity index is 579. The fourth-order valence-electron chi connectivity index (χ4n) is 2.12. The lowest BCUT2D eigenvalue weighted by Gasteiger charge is -2.12. The predicted molar refractivity (Wildman–Crippen MR) is 107 cm³/mol. The second-order valence-corrected chi connectivity index (χ2v) is 6.15. The highest BCUT2D eigenvalue weighted by atomic mass is 127. The molecule has 7 heteroatoms. The Labute approximate surface area is 159 Å². The van der Waals surface area contributed by atoms with Crippen LogP contribution in [-0.4, -0.2) is 31.5 Å². The fourth-order valence-corrected chi connectivity index (χ4v) is 2.40. The highest BCUT2D eigenvalue weighted by Crippen LogP contribution is 2.28. The largest absolute Gasteiger partial charge is 0.356 e. The summed E-state index contributed by atoms with van der Waals surface area (Å²) < 4.78 is 0. The van der Waals surface area contributed by atoms with Gasteiger partial charge in [-0.15, -0.1) is 24.0 Å². The summed E-state index contributed by atoms with van der Waals surface area (Å²) >= 11 is 6.10. The predicted octanol–water partition coefficient (Wildman–Crippen LogP) is 3.17. The molecule has 1 fully saturated rings. The Balaban J connectivity index is 0.00000264. The number of halogens is 2. The topological polar surface area (TPSA) is 65.5 Å². The molecule has 3 N–H and O–H groups in total. The first-order valence-corrected chi connectivity index (χ1v) is 7.90. The lowest BCUT2D eigenvalue weighted by molar-refractivity contribution is -0.116.